The lowest BCUT2D eigenvalue weighted by Crippen LogP contribution is -2.16. The zero-order valence-electron chi connectivity index (χ0n) is 20.9. The van der Waals surface area contributed by atoms with Crippen LogP contribution >= 0.6 is 0 Å². The lowest BCUT2D eigenvalue weighted by Gasteiger charge is -2.32. The maximum Gasteiger partial charge on any atom is 0.00614 e. The Bertz CT molecular complexity index is 1420. The van der Waals surface area contributed by atoms with Gasteiger partial charge in [-0.3, -0.25) is 0 Å². The number of hydrogen-bond donors (Lipinski definition) is 0. The molecule has 2 unspecified atom stereocenters. The molecule has 0 heterocycles. The Balaban J connectivity index is 1.48. The van der Waals surface area contributed by atoms with Crippen LogP contribution in [-0.2, 0) is 0 Å². The zero-order valence-corrected chi connectivity index (χ0v) is 20.9. The van der Waals surface area contributed by atoms with Crippen LogP contribution in [0.2, 0.25) is 0 Å². The summed E-state index contributed by atoms with van der Waals surface area (Å²) in [6.07, 6.45) is 36.9. The van der Waals surface area contributed by atoms with Gasteiger partial charge < -0.3 is 0 Å². The normalized spacial score (nSPS) is 23.8. The average Bonchev–Trinajstić information content (AvgIpc) is 2.97. The third-order valence-electron chi connectivity index (χ3n) is 7.98. The highest BCUT2D eigenvalue weighted by Gasteiger charge is 2.27. The second kappa shape index (κ2) is 10.5. The molecular weight excluding hydrogens is 432 g/mol. The maximum atomic E-state index is 2.45. The van der Waals surface area contributed by atoms with Gasteiger partial charge in [-0.1, -0.05) is 121 Å². The molecule has 178 valence electrons. The topological polar surface area (TPSA) is 0 Å². The summed E-state index contributed by atoms with van der Waals surface area (Å²) in [4.78, 5) is 0. The molecule has 0 aliphatic heterocycles. The summed E-state index contributed by atoms with van der Waals surface area (Å²) >= 11 is 0. The first-order valence-corrected chi connectivity index (χ1v) is 13.5. The van der Waals surface area contributed by atoms with E-state index in [2.05, 4.69) is 121 Å². The van der Waals surface area contributed by atoms with Gasteiger partial charge in [0.15, 0.2) is 0 Å². The molecule has 0 amide bonds. The van der Waals surface area contributed by atoms with Crippen LogP contribution in [0.15, 0.2) is 144 Å². The van der Waals surface area contributed by atoms with E-state index in [1.165, 1.54) is 33.1 Å². The largest absolute Gasteiger partial charge is 0.0842 e. The molecule has 0 saturated carbocycles. The van der Waals surface area contributed by atoms with Gasteiger partial charge in [0.1, 0.15) is 0 Å². The number of benzene rings is 2. The molecule has 0 nitrogen and oxygen atoms in total. The van der Waals surface area contributed by atoms with E-state index < -0.39 is 0 Å². The van der Waals surface area contributed by atoms with Crippen molar-refractivity contribution in [1.82, 2.24) is 0 Å². The van der Waals surface area contributed by atoms with Crippen molar-refractivity contribution < 1.29 is 0 Å². The van der Waals surface area contributed by atoms with Crippen molar-refractivity contribution in [2.45, 2.75) is 38.5 Å². The van der Waals surface area contributed by atoms with Gasteiger partial charge in [0.05, 0.1) is 0 Å². The van der Waals surface area contributed by atoms with Crippen molar-refractivity contribution in [3.8, 4) is 0 Å². The smallest absolute Gasteiger partial charge is 0.00614 e. The van der Waals surface area contributed by atoms with Crippen molar-refractivity contribution in [2.24, 2.45) is 11.8 Å². The molecule has 2 aromatic rings. The molecule has 2 aromatic carbocycles. The van der Waals surface area contributed by atoms with E-state index in [0.717, 1.165) is 38.5 Å². The molecule has 0 radical (unpaired) electrons. The lowest BCUT2D eigenvalue weighted by atomic mass is 9.73. The SMILES string of the molecule is C1=CCCC(C(=C(C2=CC=C(c3cccc4ccccc34)CC2)C2C=CC=CC2)C2C=CC=CC2)=C1. The van der Waals surface area contributed by atoms with E-state index in [9.17, 15) is 0 Å². The third kappa shape index (κ3) is 4.61. The minimum Gasteiger partial charge on any atom is -0.0842 e. The highest BCUT2D eigenvalue weighted by Crippen LogP contribution is 2.43. The fourth-order valence-electron chi connectivity index (χ4n) is 6.23. The van der Waals surface area contributed by atoms with Gasteiger partial charge in [-0.05, 0) is 82.7 Å². The zero-order chi connectivity index (χ0) is 24.2. The second-order valence-electron chi connectivity index (χ2n) is 10.2. The maximum absolute atomic E-state index is 2.45. The molecule has 2 atom stereocenters. The predicted molar refractivity (Wildman–Crippen MR) is 155 cm³/mol. The third-order valence-corrected chi connectivity index (χ3v) is 7.98. The van der Waals surface area contributed by atoms with Gasteiger partial charge in [0.2, 0.25) is 0 Å². The van der Waals surface area contributed by atoms with Crippen molar-refractivity contribution in [1.29, 1.82) is 0 Å². The van der Waals surface area contributed by atoms with Crippen LogP contribution < -0.4 is 0 Å². The lowest BCUT2D eigenvalue weighted by molar-refractivity contribution is 0.688. The highest BCUT2D eigenvalue weighted by molar-refractivity contribution is 5.94. The van der Waals surface area contributed by atoms with Gasteiger partial charge in [0, 0.05) is 11.8 Å². The summed E-state index contributed by atoms with van der Waals surface area (Å²) in [6.45, 7) is 0. The minimum absolute atomic E-state index is 0.440. The highest BCUT2D eigenvalue weighted by atomic mass is 14.3. The first kappa shape index (κ1) is 22.8. The summed E-state index contributed by atoms with van der Waals surface area (Å²) in [5, 5.41) is 2.68. The monoisotopic (exact) mass is 466 g/mol. The van der Waals surface area contributed by atoms with E-state index >= 15 is 0 Å². The Morgan fingerprint density at radius 2 is 1.31 bits per heavy atom. The predicted octanol–water partition coefficient (Wildman–Crippen LogP) is 9.78. The number of rotatable bonds is 5. The van der Waals surface area contributed by atoms with Crippen LogP contribution in [0.25, 0.3) is 16.3 Å². The Kier molecular flexibility index (Phi) is 6.68. The first-order chi connectivity index (χ1) is 17.9. The van der Waals surface area contributed by atoms with Crippen LogP contribution in [-0.4, -0.2) is 0 Å². The van der Waals surface area contributed by atoms with Crippen LogP contribution in [0.5, 0.6) is 0 Å². The first-order valence-electron chi connectivity index (χ1n) is 13.5. The number of hydrogen-bond acceptors (Lipinski definition) is 0. The Labute approximate surface area is 215 Å². The van der Waals surface area contributed by atoms with Crippen molar-refractivity contribution >= 4 is 16.3 Å². The quantitative estimate of drug-likeness (QED) is 0.411. The van der Waals surface area contributed by atoms with E-state index in [1.807, 2.05) is 0 Å². The van der Waals surface area contributed by atoms with Crippen LogP contribution in [0.4, 0.5) is 0 Å². The van der Waals surface area contributed by atoms with Crippen molar-refractivity contribution in [2.75, 3.05) is 0 Å². The van der Waals surface area contributed by atoms with E-state index in [1.54, 1.807) is 11.1 Å². The molecule has 4 aliphatic rings. The molecule has 0 heteroatoms. The fraction of sp³-hybridized carbons (Fsp3) is 0.222. The summed E-state index contributed by atoms with van der Waals surface area (Å²) < 4.78 is 0. The van der Waals surface area contributed by atoms with Gasteiger partial charge in [-0.25, -0.2) is 0 Å². The molecule has 0 bridgehead atoms. The van der Waals surface area contributed by atoms with Crippen LogP contribution in [0, 0.1) is 11.8 Å². The van der Waals surface area contributed by atoms with E-state index in [-0.39, 0.29) is 0 Å². The van der Waals surface area contributed by atoms with E-state index in [4.69, 9.17) is 0 Å². The van der Waals surface area contributed by atoms with Crippen molar-refractivity contribution in [3.63, 3.8) is 0 Å². The molecule has 6 rings (SSSR count). The molecular formula is C36H34. The van der Waals surface area contributed by atoms with Gasteiger partial charge >= 0.3 is 0 Å². The van der Waals surface area contributed by atoms with E-state index in [0.29, 0.717) is 11.8 Å². The second-order valence-corrected chi connectivity index (χ2v) is 10.2. The number of fused-ring (bicyclic) bond motifs is 1. The standard InChI is InChI=1S/C36H34/c1-4-14-29(15-5-1)35(30-16-6-2-7-17-30)36(31-18-8-3-9-19-31)32-25-23-28(24-26-32)34-22-12-20-27-13-10-11-21-33(27)34/h1-6,8-14,16,18,20-23,25,29,31H,7,15,17,19,24,26H2. The van der Waals surface area contributed by atoms with Gasteiger partial charge in [-0.2, -0.15) is 0 Å². The summed E-state index contributed by atoms with van der Waals surface area (Å²) in [5.74, 6) is 0.890. The minimum atomic E-state index is 0.440. The van der Waals surface area contributed by atoms with Crippen LogP contribution in [0.1, 0.15) is 44.1 Å². The molecule has 0 N–H and O–H groups in total. The number of allylic oxidation sites excluding steroid dienone is 18. The Morgan fingerprint density at radius 3 is 1.94 bits per heavy atom. The molecule has 0 aromatic heterocycles. The molecule has 36 heavy (non-hydrogen) atoms. The molecule has 0 saturated heterocycles. The molecule has 0 fully saturated rings. The fourth-order valence-corrected chi connectivity index (χ4v) is 6.23. The summed E-state index contributed by atoms with van der Waals surface area (Å²) in [6, 6.07) is 15.5. The summed E-state index contributed by atoms with van der Waals surface area (Å²) in [7, 11) is 0. The Morgan fingerprint density at radius 1 is 0.583 bits per heavy atom. The Hall–Kier alpha value is -3.64. The molecule has 4 aliphatic carbocycles. The van der Waals surface area contributed by atoms with Gasteiger partial charge in [-0.15, -0.1) is 0 Å². The average molecular weight is 467 g/mol. The summed E-state index contributed by atoms with van der Waals surface area (Å²) in [5.41, 5.74) is 9.06. The van der Waals surface area contributed by atoms with Crippen molar-refractivity contribution in [3.05, 3.63) is 149 Å². The van der Waals surface area contributed by atoms with Crippen LogP contribution in [0.3, 0.4) is 0 Å². The molecule has 0 spiro atoms. The van der Waals surface area contributed by atoms with Gasteiger partial charge in [0.25, 0.3) is 0 Å².